The number of nitrogens with one attached hydrogen (secondary N) is 1. The third-order valence-electron chi connectivity index (χ3n) is 1.11. The number of carbonyl (C=O) groups is 1. The molecule has 0 saturated carbocycles. The molecule has 1 rings (SSSR count). The van der Waals surface area contributed by atoms with Crippen molar-refractivity contribution in [3.63, 3.8) is 0 Å². The van der Waals surface area contributed by atoms with Crippen LogP contribution in [0.2, 0.25) is 0 Å². The average Bonchev–Trinajstić information content (AvgIpc) is 2.40. The highest BCUT2D eigenvalue weighted by Gasteiger charge is 1.99. The van der Waals surface area contributed by atoms with E-state index in [1.54, 1.807) is 11.3 Å². The van der Waals surface area contributed by atoms with Crippen molar-refractivity contribution in [3.8, 4) is 0 Å². The SMILES string of the molecule is [CH2]NC(=O)Cc1cccs1. The minimum absolute atomic E-state index is 0.0394. The van der Waals surface area contributed by atoms with Crippen LogP contribution in [0.1, 0.15) is 4.88 Å². The summed E-state index contributed by atoms with van der Waals surface area (Å²) < 4.78 is 0. The number of carbonyl (C=O) groups excluding carboxylic acids is 1. The second-order valence-electron chi connectivity index (χ2n) is 1.86. The summed E-state index contributed by atoms with van der Waals surface area (Å²) in [5.74, 6) is -0.0394. The Morgan fingerprint density at radius 2 is 2.60 bits per heavy atom. The molecule has 1 aromatic heterocycles. The van der Waals surface area contributed by atoms with Gasteiger partial charge in [-0.25, -0.2) is 0 Å². The summed E-state index contributed by atoms with van der Waals surface area (Å²) in [6, 6.07) is 3.86. The van der Waals surface area contributed by atoms with Crippen LogP contribution in [-0.2, 0) is 11.2 Å². The summed E-state index contributed by atoms with van der Waals surface area (Å²) in [5, 5.41) is 4.27. The van der Waals surface area contributed by atoms with Gasteiger partial charge in [0.25, 0.3) is 0 Å². The van der Waals surface area contributed by atoms with E-state index in [2.05, 4.69) is 12.4 Å². The Morgan fingerprint density at radius 1 is 1.80 bits per heavy atom. The molecule has 2 nitrogen and oxygen atoms in total. The fourth-order valence-electron chi connectivity index (χ4n) is 0.634. The summed E-state index contributed by atoms with van der Waals surface area (Å²) in [7, 11) is 3.27. The molecule has 0 aliphatic heterocycles. The summed E-state index contributed by atoms with van der Waals surface area (Å²) in [5.41, 5.74) is 0. The Morgan fingerprint density at radius 3 is 3.10 bits per heavy atom. The van der Waals surface area contributed by atoms with E-state index in [0.717, 1.165) is 4.88 Å². The Hall–Kier alpha value is -0.830. The fourth-order valence-corrected chi connectivity index (χ4v) is 1.34. The van der Waals surface area contributed by atoms with E-state index in [-0.39, 0.29) is 5.91 Å². The fraction of sp³-hybridized carbons (Fsp3) is 0.143. The lowest BCUT2D eigenvalue weighted by Gasteiger charge is -1.93. The Balaban J connectivity index is 2.48. The zero-order valence-electron chi connectivity index (χ0n) is 5.46. The van der Waals surface area contributed by atoms with Crippen molar-refractivity contribution in [1.29, 1.82) is 0 Å². The smallest absolute Gasteiger partial charge is 0.225 e. The van der Waals surface area contributed by atoms with Gasteiger partial charge in [-0.3, -0.25) is 4.79 Å². The van der Waals surface area contributed by atoms with Crippen LogP contribution in [0.25, 0.3) is 0 Å². The van der Waals surface area contributed by atoms with Crippen LogP contribution in [0.3, 0.4) is 0 Å². The molecule has 0 spiro atoms. The van der Waals surface area contributed by atoms with Crippen LogP contribution in [0, 0.1) is 7.05 Å². The van der Waals surface area contributed by atoms with Gasteiger partial charge in [-0.05, 0) is 11.4 Å². The Bertz CT molecular complexity index is 205. The van der Waals surface area contributed by atoms with Crippen molar-refractivity contribution in [3.05, 3.63) is 29.4 Å². The summed E-state index contributed by atoms with van der Waals surface area (Å²) >= 11 is 1.58. The van der Waals surface area contributed by atoms with Crippen LogP contribution in [0.5, 0.6) is 0 Å². The minimum atomic E-state index is -0.0394. The Labute approximate surface area is 63.9 Å². The molecular weight excluding hydrogens is 146 g/mol. The van der Waals surface area contributed by atoms with Crippen molar-refractivity contribution in [2.45, 2.75) is 6.42 Å². The zero-order valence-corrected chi connectivity index (χ0v) is 6.28. The molecule has 0 fully saturated rings. The van der Waals surface area contributed by atoms with E-state index in [4.69, 9.17) is 0 Å². The molecule has 0 bridgehead atoms. The van der Waals surface area contributed by atoms with E-state index in [9.17, 15) is 4.79 Å². The maximum absolute atomic E-state index is 10.7. The van der Waals surface area contributed by atoms with Gasteiger partial charge in [0.05, 0.1) is 6.42 Å². The van der Waals surface area contributed by atoms with Gasteiger partial charge in [-0.2, -0.15) is 0 Å². The Kier molecular flexibility index (Phi) is 2.45. The first kappa shape index (κ1) is 7.28. The second kappa shape index (κ2) is 3.37. The summed E-state index contributed by atoms with van der Waals surface area (Å²) in [4.78, 5) is 11.8. The lowest BCUT2D eigenvalue weighted by molar-refractivity contribution is -0.119. The highest BCUT2D eigenvalue weighted by Crippen LogP contribution is 2.08. The number of rotatable bonds is 2. The topological polar surface area (TPSA) is 29.1 Å². The minimum Gasteiger partial charge on any atom is -0.354 e. The highest BCUT2D eigenvalue weighted by atomic mass is 32.1. The van der Waals surface area contributed by atoms with E-state index in [1.807, 2.05) is 17.5 Å². The standard InChI is InChI=1S/C7H8NOS/c1-8-7(9)5-6-3-2-4-10-6/h2-4H,1,5H2,(H,8,9). The molecule has 10 heavy (non-hydrogen) atoms. The molecule has 53 valence electrons. The van der Waals surface area contributed by atoms with Crippen molar-refractivity contribution in [2.24, 2.45) is 0 Å². The normalized spacial score (nSPS) is 9.30. The number of hydrogen-bond donors (Lipinski definition) is 1. The van der Waals surface area contributed by atoms with Crippen molar-refractivity contribution in [1.82, 2.24) is 5.32 Å². The molecule has 1 aromatic rings. The third kappa shape index (κ3) is 1.84. The van der Waals surface area contributed by atoms with Gasteiger partial charge in [0.1, 0.15) is 0 Å². The van der Waals surface area contributed by atoms with Crippen LogP contribution >= 0.6 is 11.3 Å². The molecule has 3 heteroatoms. The van der Waals surface area contributed by atoms with Gasteiger partial charge in [0.2, 0.25) is 5.91 Å². The first-order valence-electron chi connectivity index (χ1n) is 2.91. The van der Waals surface area contributed by atoms with Crippen LogP contribution < -0.4 is 5.32 Å². The van der Waals surface area contributed by atoms with Crippen LogP contribution in [0.15, 0.2) is 17.5 Å². The molecule has 0 aliphatic rings. The largest absolute Gasteiger partial charge is 0.354 e. The lowest BCUT2D eigenvalue weighted by atomic mass is 10.3. The number of amides is 1. The van der Waals surface area contributed by atoms with Gasteiger partial charge < -0.3 is 5.32 Å². The lowest BCUT2D eigenvalue weighted by Crippen LogP contribution is -2.17. The first-order chi connectivity index (χ1) is 4.83. The summed E-state index contributed by atoms with van der Waals surface area (Å²) in [6.07, 6.45) is 0.446. The van der Waals surface area contributed by atoms with Gasteiger partial charge in [-0.15, -0.1) is 11.3 Å². The van der Waals surface area contributed by atoms with E-state index in [0.29, 0.717) is 6.42 Å². The van der Waals surface area contributed by atoms with Gasteiger partial charge in [-0.1, -0.05) is 6.07 Å². The zero-order chi connectivity index (χ0) is 7.40. The molecule has 0 atom stereocenters. The van der Waals surface area contributed by atoms with E-state index >= 15 is 0 Å². The molecule has 1 amide bonds. The number of hydrogen-bond acceptors (Lipinski definition) is 2. The molecule has 0 unspecified atom stereocenters. The third-order valence-corrected chi connectivity index (χ3v) is 1.99. The monoisotopic (exact) mass is 154 g/mol. The van der Waals surface area contributed by atoms with Crippen molar-refractivity contribution in [2.75, 3.05) is 0 Å². The molecular formula is C7H8NOS. The summed E-state index contributed by atoms with van der Waals surface area (Å²) in [6.45, 7) is 0. The van der Waals surface area contributed by atoms with Crippen molar-refractivity contribution >= 4 is 17.2 Å². The average molecular weight is 154 g/mol. The quantitative estimate of drug-likeness (QED) is 0.681. The maximum Gasteiger partial charge on any atom is 0.225 e. The van der Waals surface area contributed by atoms with E-state index in [1.165, 1.54) is 0 Å². The predicted octanol–water partition coefficient (Wildman–Crippen LogP) is 1.20. The van der Waals surface area contributed by atoms with E-state index < -0.39 is 0 Å². The molecule has 1 heterocycles. The number of thiophene rings is 1. The van der Waals surface area contributed by atoms with Crippen LogP contribution in [-0.4, -0.2) is 5.91 Å². The van der Waals surface area contributed by atoms with Crippen LogP contribution in [0.4, 0.5) is 0 Å². The first-order valence-corrected chi connectivity index (χ1v) is 3.79. The van der Waals surface area contributed by atoms with Gasteiger partial charge in [0.15, 0.2) is 0 Å². The maximum atomic E-state index is 10.7. The van der Waals surface area contributed by atoms with Crippen molar-refractivity contribution < 1.29 is 4.79 Å². The second-order valence-corrected chi connectivity index (χ2v) is 2.89. The van der Waals surface area contributed by atoms with Gasteiger partial charge >= 0.3 is 0 Å². The molecule has 0 saturated heterocycles. The highest BCUT2D eigenvalue weighted by molar-refractivity contribution is 7.10. The molecule has 1 N–H and O–H groups in total. The molecule has 0 aliphatic carbocycles. The van der Waals surface area contributed by atoms with Gasteiger partial charge in [0, 0.05) is 11.9 Å². The predicted molar refractivity (Wildman–Crippen MR) is 41.5 cm³/mol. The molecule has 0 aromatic carbocycles. The molecule has 1 radical (unpaired) electrons.